The number of nitrogens with zero attached hydrogens (tertiary/aromatic N) is 1. The molecule has 0 aliphatic rings. The van der Waals surface area contributed by atoms with Gasteiger partial charge in [-0.3, -0.25) is 4.79 Å². The minimum Gasteiger partial charge on any atom is -0.384 e. The van der Waals surface area contributed by atoms with Crippen LogP contribution in [0.4, 0.5) is 11.5 Å². The zero-order valence-corrected chi connectivity index (χ0v) is 13.0. The van der Waals surface area contributed by atoms with Gasteiger partial charge in [0, 0.05) is 29.2 Å². The van der Waals surface area contributed by atoms with Crippen molar-refractivity contribution in [2.75, 3.05) is 17.2 Å². The fourth-order valence-electron chi connectivity index (χ4n) is 1.65. The number of hydrogen-bond donors (Lipinski definition) is 2. The molecule has 1 heterocycles. The Hall–Kier alpha value is -1.82. The van der Waals surface area contributed by atoms with Gasteiger partial charge in [0.15, 0.2) is 5.82 Å². The molecule has 0 fully saturated rings. The smallest absolute Gasteiger partial charge is 0.227 e. The number of aryl methyl sites for hydroxylation is 2. The molecule has 1 aromatic carbocycles. The predicted molar refractivity (Wildman–Crippen MR) is 81.9 cm³/mol. The van der Waals surface area contributed by atoms with Gasteiger partial charge in [-0.05, 0) is 31.5 Å². The molecule has 0 spiro atoms. The third-order valence-electron chi connectivity index (χ3n) is 2.75. The first-order valence-electron chi connectivity index (χ1n) is 6.28. The summed E-state index contributed by atoms with van der Waals surface area (Å²) < 4.78 is 5.92. The maximum atomic E-state index is 11.7. The molecule has 0 radical (unpaired) electrons. The summed E-state index contributed by atoms with van der Waals surface area (Å²) in [6, 6.07) is 7.68. The van der Waals surface area contributed by atoms with E-state index in [4.69, 9.17) is 4.52 Å². The summed E-state index contributed by atoms with van der Waals surface area (Å²) in [6.07, 6.45) is 0.359. The molecule has 0 saturated carbocycles. The molecule has 5 nitrogen and oxygen atoms in total. The molecule has 2 aromatic rings. The average molecular weight is 338 g/mol. The lowest BCUT2D eigenvalue weighted by Crippen LogP contribution is -2.16. The standard InChI is InChI=1S/C14H16BrN3O2/c1-9-3-4-11(8-12(9)15)16-6-5-14(19)17-13-7-10(2)20-18-13/h3-4,7-8,16H,5-6H2,1-2H3,(H,17,18,19). The third-order valence-corrected chi connectivity index (χ3v) is 3.60. The van der Waals surface area contributed by atoms with Crippen LogP contribution >= 0.6 is 15.9 Å². The van der Waals surface area contributed by atoms with Crippen molar-refractivity contribution in [2.24, 2.45) is 0 Å². The molecule has 0 unspecified atom stereocenters. The second-order valence-corrected chi connectivity index (χ2v) is 5.37. The number of nitrogens with one attached hydrogen (secondary N) is 2. The summed E-state index contributed by atoms with van der Waals surface area (Å²) in [6.45, 7) is 4.36. The molecule has 1 amide bonds. The van der Waals surface area contributed by atoms with Gasteiger partial charge in [0.25, 0.3) is 0 Å². The number of carbonyl (C=O) groups is 1. The largest absolute Gasteiger partial charge is 0.384 e. The molecular weight excluding hydrogens is 322 g/mol. The maximum absolute atomic E-state index is 11.7. The fourth-order valence-corrected chi connectivity index (χ4v) is 2.03. The predicted octanol–water partition coefficient (Wildman–Crippen LogP) is 3.49. The van der Waals surface area contributed by atoms with Gasteiger partial charge in [-0.25, -0.2) is 0 Å². The van der Waals surface area contributed by atoms with Crippen LogP contribution in [0.5, 0.6) is 0 Å². The van der Waals surface area contributed by atoms with Crippen molar-refractivity contribution < 1.29 is 9.32 Å². The highest BCUT2D eigenvalue weighted by Gasteiger charge is 2.06. The van der Waals surface area contributed by atoms with Crippen molar-refractivity contribution in [1.82, 2.24) is 5.16 Å². The Balaban J connectivity index is 1.77. The molecule has 0 bridgehead atoms. The van der Waals surface area contributed by atoms with Crippen LogP contribution in [-0.4, -0.2) is 17.6 Å². The maximum Gasteiger partial charge on any atom is 0.227 e. The number of carbonyl (C=O) groups excluding carboxylic acids is 1. The minimum atomic E-state index is -0.100. The number of anilines is 2. The van der Waals surface area contributed by atoms with E-state index >= 15 is 0 Å². The lowest BCUT2D eigenvalue weighted by Gasteiger charge is -2.07. The van der Waals surface area contributed by atoms with Crippen molar-refractivity contribution in [3.8, 4) is 0 Å². The van der Waals surface area contributed by atoms with E-state index < -0.39 is 0 Å². The number of aromatic nitrogens is 1. The van der Waals surface area contributed by atoms with Crippen LogP contribution in [0.25, 0.3) is 0 Å². The minimum absolute atomic E-state index is 0.100. The van der Waals surface area contributed by atoms with Crippen LogP contribution in [0.15, 0.2) is 33.3 Å². The quantitative estimate of drug-likeness (QED) is 0.876. The summed E-state index contributed by atoms with van der Waals surface area (Å²) in [5.41, 5.74) is 2.15. The number of rotatable bonds is 5. The van der Waals surface area contributed by atoms with Crippen LogP contribution in [0, 0.1) is 13.8 Å². The highest BCUT2D eigenvalue weighted by Crippen LogP contribution is 2.20. The van der Waals surface area contributed by atoms with Gasteiger partial charge in [0.1, 0.15) is 5.76 Å². The topological polar surface area (TPSA) is 67.2 Å². The molecule has 0 atom stereocenters. The lowest BCUT2D eigenvalue weighted by molar-refractivity contribution is -0.116. The first kappa shape index (κ1) is 14.6. The molecule has 1 aromatic heterocycles. The first-order chi connectivity index (χ1) is 9.54. The zero-order valence-electron chi connectivity index (χ0n) is 11.4. The number of amides is 1. The van der Waals surface area contributed by atoms with Gasteiger partial charge in [0.05, 0.1) is 0 Å². The van der Waals surface area contributed by atoms with Crippen LogP contribution in [0.2, 0.25) is 0 Å². The Labute approximate surface area is 125 Å². The summed E-state index contributed by atoms with van der Waals surface area (Å²) in [4.78, 5) is 11.7. The Kier molecular flexibility index (Phi) is 4.79. The summed E-state index contributed by atoms with van der Waals surface area (Å²) in [7, 11) is 0. The summed E-state index contributed by atoms with van der Waals surface area (Å²) in [5.74, 6) is 1.02. The first-order valence-corrected chi connectivity index (χ1v) is 7.07. The van der Waals surface area contributed by atoms with E-state index in [1.807, 2.05) is 25.1 Å². The highest BCUT2D eigenvalue weighted by atomic mass is 79.9. The van der Waals surface area contributed by atoms with Crippen molar-refractivity contribution >= 4 is 33.3 Å². The van der Waals surface area contributed by atoms with Crippen LogP contribution < -0.4 is 10.6 Å². The zero-order chi connectivity index (χ0) is 14.5. The fraction of sp³-hybridized carbons (Fsp3) is 0.286. The van der Waals surface area contributed by atoms with Gasteiger partial charge in [-0.2, -0.15) is 0 Å². The molecule has 6 heteroatoms. The normalized spacial score (nSPS) is 10.3. The molecular formula is C14H16BrN3O2. The average Bonchev–Trinajstić information content (AvgIpc) is 2.79. The van der Waals surface area contributed by atoms with E-state index in [1.165, 1.54) is 5.56 Å². The molecule has 2 rings (SSSR count). The van der Waals surface area contributed by atoms with Crippen LogP contribution in [-0.2, 0) is 4.79 Å². The number of benzene rings is 1. The molecule has 0 aliphatic carbocycles. The van der Waals surface area contributed by atoms with Gasteiger partial charge in [-0.1, -0.05) is 27.2 Å². The van der Waals surface area contributed by atoms with Crippen molar-refractivity contribution in [1.29, 1.82) is 0 Å². The van der Waals surface area contributed by atoms with E-state index in [0.29, 0.717) is 24.5 Å². The van der Waals surface area contributed by atoms with Crippen LogP contribution in [0.3, 0.4) is 0 Å². The molecule has 106 valence electrons. The number of halogens is 1. The van der Waals surface area contributed by atoms with E-state index in [2.05, 4.69) is 31.7 Å². The van der Waals surface area contributed by atoms with Crippen molar-refractivity contribution in [3.63, 3.8) is 0 Å². The Morgan fingerprint density at radius 3 is 2.80 bits per heavy atom. The van der Waals surface area contributed by atoms with Crippen molar-refractivity contribution in [3.05, 3.63) is 40.1 Å². The SMILES string of the molecule is Cc1cc(NC(=O)CCNc2ccc(C)c(Br)c2)no1. The summed E-state index contributed by atoms with van der Waals surface area (Å²) >= 11 is 3.48. The van der Waals surface area contributed by atoms with Crippen molar-refractivity contribution in [2.45, 2.75) is 20.3 Å². The lowest BCUT2D eigenvalue weighted by atomic mass is 10.2. The molecule has 20 heavy (non-hydrogen) atoms. The third kappa shape index (κ3) is 4.09. The van der Waals surface area contributed by atoms with Crippen LogP contribution in [0.1, 0.15) is 17.7 Å². The second-order valence-electron chi connectivity index (χ2n) is 4.51. The monoisotopic (exact) mass is 337 g/mol. The molecule has 0 aliphatic heterocycles. The van der Waals surface area contributed by atoms with E-state index in [9.17, 15) is 4.79 Å². The second kappa shape index (κ2) is 6.56. The Bertz CT molecular complexity index is 610. The van der Waals surface area contributed by atoms with Gasteiger partial charge >= 0.3 is 0 Å². The van der Waals surface area contributed by atoms with E-state index in [-0.39, 0.29) is 5.91 Å². The summed E-state index contributed by atoms with van der Waals surface area (Å²) in [5, 5.41) is 9.59. The Morgan fingerprint density at radius 2 is 2.15 bits per heavy atom. The van der Waals surface area contributed by atoms with E-state index in [0.717, 1.165) is 10.2 Å². The highest BCUT2D eigenvalue weighted by molar-refractivity contribution is 9.10. The van der Waals surface area contributed by atoms with Gasteiger partial charge in [-0.15, -0.1) is 0 Å². The molecule has 2 N–H and O–H groups in total. The Morgan fingerprint density at radius 1 is 1.35 bits per heavy atom. The number of hydrogen-bond acceptors (Lipinski definition) is 4. The van der Waals surface area contributed by atoms with E-state index in [1.54, 1.807) is 13.0 Å². The van der Waals surface area contributed by atoms with Gasteiger partial charge in [0.2, 0.25) is 5.91 Å². The molecule has 0 saturated heterocycles. The van der Waals surface area contributed by atoms with Gasteiger partial charge < -0.3 is 15.2 Å².